The Labute approximate surface area is 59.6 Å². The molecule has 1 heterocycles. The highest BCUT2D eigenvalue weighted by Crippen LogP contribution is 2.19. The van der Waals surface area contributed by atoms with Crippen LogP contribution in [0.1, 0.15) is 6.42 Å². The van der Waals surface area contributed by atoms with Gasteiger partial charge in [0.1, 0.15) is 0 Å². The Hall–Kier alpha value is -0.180. The monoisotopic (exact) mass is 145 g/mol. The number of nitrogens with zero attached hydrogens (tertiary/aromatic N) is 1. The lowest BCUT2D eigenvalue weighted by molar-refractivity contribution is -0.126. The summed E-state index contributed by atoms with van der Waals surface area (Å²) in [5, 5.41) is 0.245. The van der Waals surface area contributed by atoms with Crippen molar-refractivity contribution in [2.75, 3.05) is 19.8 Å². The molecule has 1 atom stereocenters. The van der Waals surface area contributed by atoms with E-state index in [1.807, 2.05) is 13.3 Å². The topological polar surface area (TPSA) is 20.3 Å². The van der Waals surface area contributed by atoms with Crippen LogP contribution in [0.5, 0.6) is 0 Å². The maximum atomic E-state index is 11.0. The van der Waals surface area contributed by atoms with E-state index in [4.69, 9.17) is 0 Å². The standard InChI is InChI=1S/C6H11NOS/c1-7-4-3-5(9-2)6(7)8/h5H,3-4H2,1-2H3. The van der Waals surface area contributed by atoms with Crippen LogP contribution in [0.15, 0.2) is 0 Å². The zero-order valence-corrected chi connectivity index (χ0v) is 6.57. The highest BCUT2D eigenvalue weighted by Gasteiger charge is 2.27. The zero-order chi connectivity index (χ0) is 6.85. The molecule has 0 aromatic heterocycles. The van der Waals surface area contributed by atoms with Crippen LogP contribution < -0.4 is 0 Å². The van der Waals surface area contributed by atoms with E-state index in [1.54, 1.807) is 16.7 Å². The summed E-state index contributed by atoms with van der Waals surface area (Å²) in [5.41, 5.74) is 0. The van der Waals surface area contributed by atoms with Crippen molar-refractivity contribution < 1.29 is 4.79 Å². The fraction of sp³-hybridized carbons (Fsp3) is 0.833. The van der Waals surface area contributed by atoms with Gasteiger partial charge < -0.3 is 4.90 Å². The molecule has 52 valence electrons. The Morgan fingerprint density at radius 3 is 2.67 bits per heavy atom. The van der Waals surface area contributed by atoms with Gasteiger partial charge in [0, 0.05) is 13.6 Å². The van der Waals surface area contributed by atoms with Crippen molar-refractivity contribution in [3.8, 4) is 0 Å². The van der Waals surface area contributed by atoms with Gasteiger partial charge in [-0.25, -0.2) is 0 Å². The van der Waals surface area contributed by atoms with Gasteiger partial charge in [-0.3, -0.25) is 4.79 Å². The molecule has 1 amide bonds. The molecule has 1 aliphatic heterocycles. The molecule has 1 rings (SSSR count). The molecule has 1 unspecified atom stereocenters. The average molecular weight is 145 g/mol. The van der Waals surface area contributed by atoms with Gasteiger partial charge in [0.25, 0.3) is 0 Å². The third kappa shape index (κ3) is 1.21. The van der Waals surface area contributed by atoms with Crippen molar-refractivity contribution in [3.05, 3.63) is 0 Å². The predicted molar refractivity (Wildman–Crippen MR) is 39.6 cm³/mol. The number of amides is 1. The highest BCUT2D eigenvalue weighted by molar-refractivity contribution is 7.99. The Balaban J connectivity index is 2.51. The van der Waals surface area contributed by atoms with Crippen LogP contribution in [0.25, 0.3) is 0 Å². The molecule has 0 saturated carbocycles. The maximum absolute atomic E-state index is 11.0. The molecular weight excluding hydrogens is 134 g/mol. The fourth-order valence-electron chi connectivity index (χ4n) is 1.01. The second-order valence-corrected chi connectivity index (χ2v) is 3.31. The summed E-state index contributed by atoms with van der Waals surface area (Å²) in [6.45, 7) is 0.935. The van der Waals surface area contributed by atoms with Gasteiger partial charge in [-0.1, -0.05) is 0 Å². The predicted octanol–water partition coefficient (Wildman–Crippen LogP) is 0.580. The summed E-state index contributed by atoms with van der Waals surface area (Å²) < 4.78 is 0. The molecule has 0 spiro atoms. The summed E-state index contributed by atoms with van der Waals surface area (Å²) in [4.78, 5) is 12.8. The second-order valence-electron chi connectivity index (χ2n) is 2.27. The summed E-state index contributed by atoms with van der Waals surface area (Å²) in [6, 6.07) is 0. The van der Waals surface area contributed by atoms with Crippen molar-refractivity contribution in [1.29, 1.82) is 0 Å². The van der Waals surface area contributed by atoms with Crippen molar-refractivity contribution >= 4 is 17.7 Å². The Kier molecular flexibility index (Phi) is 2.01. The van der Waals surface area contributed by atoms with E-state index in [0.29, 0.717) is 5.91 Å². The fourth-order valence-corrected chi connectivity index (χ4v) is 1.73. The summed E-state index contributed by atoms with van der Waals surface area (Å²) in [7, 11) is 1.86. The third-order valence-electron chi connectivity index (χ3n) is 1.66. The Bertz CT molecular complexity index is 126. The molecule has 9 heavy (non-hydrogen) atoms. The van der Waals surface area contributed by atoms with Crippen molar-refractivity contribution in [2.24, 2.45) is 0 Å². The molecule has 0 N–H and O–H groups in total. The molecule has 0 aliphatic carbocycles. The Morgan fingerprint density at radius 2 is 2.44 bits per heavy atom. The molecule has 0 aromatic rings. The minimum atomic E-state index is 0.245. The van der Waals surface area contributed by atoms with Crippen LogP contribution in [0.3, 0.4) is 0 Å². The minimum absolute atomic E-state index is 0.245. The van der Waals surface area contributed by atoms with Gasteiger partial charge in [-0.2, -0.15) is 11.8 Å². The van der Waals surface area contributed by atoms with Gasteiger partial charge in [0.15, 0.2) is 0 Å². The molecule has 0 aromatic carbocycles. The second kappa shape index (κ2) is 2.60. The van der Waals surface area contributed by atoms with Crippen molar-refractivity contribution in [2.45, 2.75) is 11.7 Å². The minimum Gasteiger partial charge on any atom is -0.345 e. The van der Waals surface area contributed by atoms with E-state index in [-0.39, 0.29) is 5.25 Å². The normalized spacial score (nSPS) is 27.6. The highest BCUT2D eigenvalue weighted by atomic mass is 32.2. The number of thioether (sulfide) groups is 1. The number of likely N-dealkylation sites (tertiary alicyclic amines) is 1. The van der Waals surface area contributed by atoms with Gasteiger partial charge in [0.05, 0.1) is 5.25 Å². The van der Waals surface area contributed by atoms with Gasteiger partial charge in [0.2, 0.25) is 5.91 Å². The molecule has 1 saturated heterocycles. The van der Waals surface area contributed by atoms with Gasteiger partial charge in [-0.05, 0) is 12.7 Å². The number of hydrogen-bond donors (Lipinski definition) is 0. The van der Waals surface area contributed by atoms with Gasteiger partial charge >= 0.3 is 0 Å². The molecular formula is C6H11NOS. The quantitative estimate of drug-likeness (QED) is 0.538. The third-order valence-corrected chi connectivity index (χ3v) is 2.67. The van der Waals surface area contributed by atoms with Gasteiger partial charge in [-0.15, -0.1) is 0 Å². The van der Waals surface area contributed by atoms with E-state index in [0.717, 1.165) is 13.0 Å². The van der Waals surface area contributed by atoms with Crippen LogP contribution in [-0.4, -0.2) is 35.9 Å². The Morgan fingerprint density at radius 1 is 1.78 bits per heavy atom. The van der Waals surface area contributed by atoms with E-state index in [2.05, 4.69) is 0 Å². The molecule has 2 nitrogen and oxygen atoms in total. The number of carbonyl (C=O) groups excluding carboxylic acids is 1. The van der Waals surface area contributed by atoms with E-state index in [9.17, 15) is 4.79 Å². The lowest BCUT2D eigenvalue weighted by Crippen LogP contribution is -2.23. The van der Waals surface area contributed by atoms with Crippen molar-refractivity contribution in [1.82, 2.24) is 4.90 Å². The number of carbonyl (C=O) groups is 1. The molecule has 1 aliphatic rings. The molecule has 0 bridgehead atoms. The smallest absolute Gasteiger partial charge is 0.235 e. The van der Waals surface area contributed by atoms with E-state index >= 15 is 0 Å². The first kappa shape index (κ1) is 6.93. The molecule has 3 heteroatoms. The van der Waals surface area contributed by atoms with Crippen LogP contribution in [-0.2, 0) is 4.79 Å². The summed E-state index contributed by atoms with van der Waals surface area (Å²) in [5.74, 6) is 0.294. The van der Waals surface area contributed by atoms with Crippen LogP contribution >= 0.6 is 11.8 Å². The molecule has 0 radical (unpaired) electrons. The van der Waals surface area contributed by atoms with Crippen LogP contribution in [0, 0.1) is 0 Å². The lowest BCUT2D eigenvalue weighted by Gasteiger charge is -2.06. The SMILES string of the molecule is CSC1CCN(C)C1=O. The van der Waals surface area contributed by atoms with Crippen LogP contribution in [0.4, 0.5) is 0 Å². The summed E-state index contributed by atoms with van der Waals surface area (Å²) >= 11 is 1.65. The van der Waals surface area contributed by atoms with E-state index < -0.39 is 0 Å². The molecule has 1 fully saturated rings. The first-order valence-electron chi connectivity index (χ1n) is 3.03. The largest absolute Gasteiger partial charge is 0.345 e. The average Bonchev–Trinajstić information content (AvgIpc) is 2.15. The maximum Gasteiger partial charge on any atom is 0.235 e. The van der Waals surface area contributed by atoms with E-state index in [1.165, 1.54) is 0 Å². The summed E-state index contributed by atoms with van der Waals surface area (Å²) in [6.07, 6.45) is 3.01. The first-order chi connectivity index (χ1) is 4.25. The lowest BCUT2D eigenvalue weighted by atomic mass is 10.4. The van der Waals surface area contributed by atoms with Crippen molar-refractivity contribution in [3.63, 3.8) is 0 Å². The first-order valence-corrected chi connectivity index (χ1v) is 4.32. The number of hydrogen-bond acceptors (Lipinski definition) is 2. The zero-order valence-electron chi connectivity index (χ0n) is 5.76. The van der Waals surface area contributed by atoms with Crippen LogP contribution in [0.2, 0.25) is 0 Å². The number of rotatable bonds is 1.